The van der Waals surface area contributed by atoms with Gasteiger partial charge in [-0.15, -0.1) is 0 Å². The normalized spacial score (nSPS) is 9.18. The summed E-state index contributed by atoms with van der Waals surface area (Å²) >= 11 is 1.91. The number of rotatable bonds is 1. The van der Waals surface area contributed by atoms with Gasteiger partial charge in [0.05, 0.1) is 12.5 Å². The minimum absolute atomic E-state index is 0.232. The third kappa shape index (κ3) is 2.42. The minimum atomic E-state index is -0.526. The Labute approximate surface area is 77.2 Å². The molecule has 0 spiro atoms. The molecule has 56 valence electrons. The molecule has 0 radical (unpaired) electrons. The first-order chi connectivity index (χ1) is 5.22. The molecular weight excluding hydrogens is 258 g/mol. The SMILES string of the molecule is N#CCc1cc(F)nc(I)c1. The molecule has 0 atom stereocenters. The highest BCUT2D eigenvalue weighted by Crippen LogP contribution is 2.07. The second-order valence-corrected chi connectivity index (χ2v) is 3.06. The first kappa shape index (κ1) is 8.40. The molecular formula is C7H4FIN2. The van der Waals surface area contributed by atoms with Crippen LogP contribution in [-0.2, 0) is 6.42 Å². The number of nitriles is 1. The molecule has 0 aliphatic carbocycles. The number of halogens is 2. The summed E-state index contributed by atoms with van der Waals surface area (Å²) in [5.41, 5.74) is 0.671. The van der Waals surface area contributed by atoms with E-state index >= 15 is 0 Å². The monoisotopic (exact) mass is 262 g/mol. The van der Waals surface area contributed by atoms with Crippen LogP contribution in [0, 0.1) is 21.0 Å². The zero-order valence-corrected chi connectivity index (χ0v) is 7.67. The van der Waals surface area contributed by atoms with Crippen molar-refractivity contribution >= 4 is 22.6 Å². The van der Waals surface area contributed by atoms with Gasteiger partial charge in [-0.05, 0) is 40.3 Å². The van der Waals surface area contributed by atoms with Crippen molar-refractivity contribution in [1.82, 2.24) is 4.98 Å². The maximum absolute atomic E-state index is 12.5. The Morgan fingerprint density at radius 1 is 1.64 bits per heavy atom. The number of hydrogen-bond donors (Lipinski definition) is 0. The van der Waals surface area contributed by atoms with Gasteiger partial charge in [0.25, 0.3) is 0 Å². The van der Waals surface area contributed by atoms with Crippen LogP contribution in [0.25, 0.3) is 0 Å². The lowest BCUT2D eigenvalue weighted by Gasteiger charge is -1.94. The number of aromatic nitrogens is 1. The van der Waals surface area contributed by atoms with E-state index in [1.807, 2.05) is 28.7 Å². The molecule has 1 heterocycles. The van der Waals surface area contributed by atoms with Crippen LogP contribution in [0.4, 0.5) is 4.39 Å². The summed E-state index contributed by atoms with van der Waals surface area (Å²) in [6.45, 7) is 0. The average molecular weight is 262 g/mol. The van der Waals surface area contributed by atoms with E-state index in [0.717, 1.165) is 0 Å². The lowest BCUT2D eigenvalue weighted by Crippen LogP contribution is -1.90. The van der Waals surface area contributed by atoms with E-state index in [-0.39, 0.29) is 6.42 Å². The summed E-state index contributed by atoms with van der Waals surface area (Å²) in [6.07, 6.45) is 0.232. The standard InChI is InChI=1S/C7H4FIN2/c8-6-3-5(1-2-10)4-7(9)11-6/h3-4H,1H2. The van der Waals surface area contributed by atoms with Gasteiger partial charge in [-0.25, -0.2) is 4.98 Å². The Hall–Kier alpha value is -0.700. The van der Waals surface area contributed by atoms with Crippen LogP contribution < -0.4 is 0 Å². The van der Waals surface area contributed by atoms with Crippen molar-refractivity contribution in [2.24, 2.45) is 0 Å². The summed E-state index contributed by atoms with van der Waals surface area (Å²) in [6, 6.07) is 4.90. The second-order valence-electron chi connectivity index (χ2n) is 1.96. The van der Waals surface area contributed by atoms with Crippen molar-refractivity contribution in [2.45, 2.75) is 6.42 Å². The highest BCUT2D eigenvalue weighted by Gasteiger charge is 1.98. The van der Waals surface area contributed by atoms with Gasteiger partial charge in [0.1, 0.15) is 3.70 Å². The van der Waals surface area contributed by atoms with Crippen LogP contribution in [0.15, 0.2) is 12.1 Å². The Balaban J connectivity index is 3.01. The van der Waals surface area contributed by atoms with Crippen LogP contribution in [0.2, 0.25) is 0 Å². The van der Waals surface area contributed by atoms with Crippen molar-refractivity contribution in [1.29, 1.82) is 5.26 Å². The smallest absolute Gasteiger partial charge is 0.214 e. The third-order valence-electron chi connectivity index (χ3n) is 1.11. The van der Waals surface area contributed by atoms with Gasteiger partial charge in [-0.3, -0.25) is 0 Å². The Morgan fingerprint density at radius 2 is 2.36 bits per heavy atom. The highest BCUT2D eigenvalue weighted by molar-refractivity contribution is 14.1. The largest absolute Gasteiger partial charge is 0.214 e. The molecule has 1 rings (SSSR count). The topological polar surface area (TPSA) is 36.7 Å². The van der Waals surface area contributed by atoms with E-state index in [4.69, 9.17) is 5.26 Å². The van der Waals surface area contributed by atoms with Crippen molar-refractivity contribution in [2.75, 3.05) is 0 Å². The number of nitrogens with zero attached hydrogens (tertiary/aromatic N) is 2. The Morgan fingerprint density at radius 3 is 2.91 bits per heavy atom. The van der Waals surface area contributed by atoms with Gasteiger partial charge in [-0.1, -0.05) is 0 Å². The van der Waals surface area contributed by atoms with Crippen molar-refractivity contribution < 1.29 is 4.39 Å². The highest BCUT2D eigenvalue weighted by atomic mass is 127. The fourth-order valence-electron chi connectivity index (χ4n) is 0.708. The van der Waals surface area contributed by atoms with Crippen LogP contribution in [0.1, 0.15) is 5.56 Å². The van der Waals surface area contributed by atoms with Gasteiger partial charge in [0.15, 0.2) is 0 Å². The molecule has 0 aliphatic rings. The van der Waals surface area contributed by atoms with Gasteiger partial charge in [-0.2, -0.15) is 9.65 Å². The molecule has 1 aromatic rings. The molecule has 0 fully saturated rings. The molecule has 11 heavy (non-hydrogen) atoms. The van der Waals surface area contributed by atoms with E-state index in [1.54, 1.807) is 6.07 Å². The van der Waals surface area contributed by atoms with E-state index in [9.17, 15) is 4.39 Å². The minimum Gasteiger partial charge on any atom is -0.214 e. The molecule has 2 nitrogen and oxygen atoms in total. The predicted octanol–water partition coefficient (Wildman–Crippen LogP) is 1.89. The van der Waals surface area contributed by atoms with Crippen LogP contribution in [-0.4, -0.2) is 4.98 Å². The first-order valence-electron chi connectivity index (χ1n) is 2.91. The van der Waals surface area contributed by atoms with Gasteiger partial charge in [0, 0.05) is 0 Å². The fourth-order valence-corrected chi connectivity index (χ4v) is 1.34. The van der Waals surface area contributed by atoms with Gasteiger partial charge >= 0.3 is 0 Å². The summed E-state index contributed by atoms with van der Waals surface area (Å²) in [4.78, 5) is 3.53. The summed E-state index contributed by atoms with van der Waals surface area (Å²) < 4.78 is 13.1. The molecule has 0 aromatic carbocycles. The van der Waals surface area contributed by atoms with Crippen molar-refractivity contribution in [3.63, 3.8) is 0 Å². The van der Waals surface area contributed by atoms with Gasteiger partial charge in [0.2, 0.25) is 5.95 Å². The maximum Gasteiger partial charge on any atom is 0.214 e. The maximum atomic E-state index is 12.5. The Kier molecular flexibility index (Phi) is 2.76. The van der Waals surface area contributed by atoms with E-state index in [1.165, 1.54) is 6.07 Å². The number of pyridine rings is 1. The summed E-state index contributed by atoms with van der Waals surface area (Å²) in [7, 11) is 0. The van der Waals surface area contributed by atoms with E-state index < -0.39 is 5.95 Å². The van der Waals surface area contributed by atoms with Crippen molar-refractivity contribution in [3.8, 4) is 6.07 Å². The summed E-state index contributed by atoms with van der Waals surface area (Å²) in [5.74, 6) is -0.526. The lowest BCUT2D eigenvalue weighted by atomic mass is 10.2. The van der Waals surface area contributed by atoms with Crippen LogP contribution >= 0.6 is 22.6 Å². The molecule has 0 bridgehead atoms. The molecule has 0 unspecified atom stereocenters. The zero-order chi connectivity index (χ0) is 8.27. The quantitative estimate of drug-likeness (QED) is 0.572. The molecule has 4 heteroatoms. The molecule has 0 N–H and O–H groups in total. The first-order valence-corrected chi connectivity index (χ1v) is 3.99. The molecule has 1 aromatic heterocycles. The lowest BCUT2D eigenvalue weighted by molar-refractivity contribution is 0.579. The fraction of sp³-hybridized carbons (Fsp3) is 0.143. The number of hydrogen-bond acceptors (Lipinski definition) is 2. The molecule has 0 saturated heterocycles. The van der Waals surface area contributed by atoms with Crippen molar-refractivity contribution in [3.05, 3.63) is 27.3 Å². The van der Waals surface area contributed by atoms with Gasteiger partial charge < -0.3 is 0 Å². The summed E-state index contributed by atoms with van der Waals surface area (Å²) in [5, 5.41) is 8.31. The van der Waals surface area contributed by atoms with E-state index in [2.05, 4.69) is 4.98 Å². The van der Waals surface area contributed by atoms with E-state index in [0.29, 0.717) is 9.26 Å². The van der Waals surface area contributed by atoms with Crippen LogP contribution in [0.5, 0.6) is 0 Å². The van der Waals surface area contributed by atoms with Crippen LogP contribution in [0.3, 0.4) is 0 Å². The Bertz CT molecular complexity index is 286. The predicted molar refractivity (Wildman–Crippen MR) is 46.2 cm³/mol. The third-order valence-corrected chi connectivity index (χ3v) is 1.66. The molecule has 0 amide bonds. The second kappa shape index (κ2) is 3.62. The molecule has 0 saturated carbocycles. The average Bonchev–Trinajstić information content (AvgIpc) is 1.85. The zero-order valence-electron chi connectivity index (χ0n) is 5.51. The molecule has 0 aliphatic heterocycles.